The molecule has 0 spiro atoms. The zero-order chi connectivity index (χ0) is 15.9. The molecule has 0 radical (unpaired) electrons. The van der Waals surface area contributed by atoms with Crippen LogP contribution in [0.1, 0.15) is 37.8 Å². The fraction of sp³-hybridized carbons (Fsp3) is 0.526. The third-order valence-corrected chi connectivity index (χ3v) is 4.80. The number of benzene rings is 1. The van der Waals surface area contributed by atoms with Crippen molar-refractivity contribution >= 4 is 0 Å². The van der Waals surface area contributed by atoms with Crippen molar-refractivity contribution in [2.75, 3.05) is 13.2 Å². The third-order valence-electron chi connectivity index (χ3n) is 4.80. The topological polar surface area (TPSA) is 50.1 Å². The fourth-order valence-corrected chi connectivity index (χ4v) is 3.52. The molecule has 0 aliphatic heterocycles. The molecule has 1 aromatic heterocycles. The van der Waals surface area contributed by atoms with Crippen LogP contribution in [0, 0.1) is 11.8 Å². The summed E-state index contributed by atoms with van der Waals surface area (Å²) in [6, 6.07) is 12.2. The summed E-state index contributed by atoms with van der Waals surface area (Å²) in [4.78, 5) is 0. The normalized spacial score (nSPS) is 16.7. The molecule has 23 heavy (non-hydrogen) atoms. The molecule has 1 aliphatic carbocycles. The summed E-state index contributed by atoms with van der Waals surface area (Å²) >= 11 is 0. The summed E-state index contributed by atoms with van der Waals surface area (Å²) < 4.78 is 1.90. The molecular formula is C19H27N3O. The van der Waals surface area contributed by atoms with E-state index >= 15 is 0 Å². The number of aliphatic hydroxyl groups excluding tert-OH is 1. The van der Waals surface area contributed by atoms with Gasteiger partial charge in [0.2, 0.25) is 0 Å². The highest BCUT2D eigenvalue weighted by Crippen LogP contribution is 2.30. The summed E-state index contributed by atoms with van der Waals surface area (Å²) in [5.74, 6) is 1.19. The van der Waals surface area contributed by atoms with E-state index in [9.17, 15) is 5.11 Å². The van der Waals surface area contributed by atoms with Crippen molar-refractivity contribution in [1.82, 2.24) is 15.1 Å². The number of hydrogen-bond acceptors (Lipinski definition) is 3. The minimum atomic E-state index is 0.280. The van der Waals surface area contributed by atoms with E-state index in [1.54, 1.807) is 0 Å². The van der Waals surface area contributed by atoms with E-state index in [4.69, 9.17) is 0 Å². The average molecular weight is 313 g/mol. The lowest BCUT2D eigenvalue weighted by Gasteiger charge is -2.18. The number of hydrogen-bond donors (Lipinski definition) is 2. The second-order valence-corrected chi connectivity index (χ2v) is 6.65. The molecule has 4 heteroatoms. The predicted octanol–water partition coefficient (Wildman–Crippen LogP) is 3.15. The SMILES string of the molecule is OCC(CNCc1ccn(-c2ccccc2)n1)CC1CCCC1. The first kappa shape index (κ1) is 16.2. The van der Waals surface area contributed by atoms with Crippen LogP contribution in [0.3, 0.4) is 0 Å². The summed E-state index contributed by atoms with van der Waals surface area (Å²) in [5.41, 5.74) is 2.11. The molecule has 1 unspecified atom stereocenters. The van der Waals surface area contributed by atoms with Gasteiger partial charge in [0.1, 0.15) is 0 Å². The Morgan fingerprint density at radius 1 is 1.17 bits per heavy atom. The fourth-order valence-electron chi connectivity index (χ4n) is 3.52. The third kappa shape index (κ3) is 4.66. The van der Waals surface area contributed by atoms with Gasteiger partial charge in [0.15, 0.2) is 0 Å². The second-order valence-electron chi connectivity index (χ2n) is 6.65. The molecule has 1 saturated carbocycles. The van der Waals surface area contributed by atoms with E-state index in [0.717, 1.165) is 36.8 Å². The maximum Gasteiger partial charge on any atom is 0.0766 e. The molecule has 1 fully saturated rings. The quantitative estimate of drug-likeness (QED) is 0.787. The van der Waals surface area contributed by atoms with Gasteiger partial charge in [-0.05, 0) is 36.5 Å². The van der Waals surface area contributed by atoms with Gasteiger partial charge in [0, 0.05) is 25.9 Å². The molecule has 1 aliphatic rings. The Balaban J connectivity index is 1.45. The zero-order valence-corrected chi connectivity index (χ0v) is 13.7. The van der Waals surface area contributed by atoms with E-state index in [-0.39, 0.29) is 6.61 Å². The lowest BCUT2D eigenvalue weighted by Crippen LogP contribution is -2.26. The van der Waals surface area contributed by atoms with E-state index in [2.05, 4.69) is 10.4 Å². The van der Waals surface area contributed by atoms with Gasteiger partial charge in [-0.3, -0.25) is 0 Å². The number of aliphatic hydroxyl groups is 1. The van der Waals surface area contributed by atoms with Crippen LogP contribution >= 0.6 is 0 Å². The lowest BCUT2D eigenvalue weighted by molar-refractivity contribution is 0.196. The Morgan fingerprint density at radius 2 is 1.96 bits per heavy atom. The summed E-state index contributed by atoms with van der Waals surface area (Å²) in [6.07, 6.45) is 8.58. The van der Waals surface area contributed by atoms with Crippen molar-refractivity contribution in [3.8, 4) is 5.69 Å². The standard InChI is InChI=1S/C19H27N3O/c23-15-17(12-16-6-4-5-7-16)13-20-14-18-10-11-22(21-18)19-8-2-1-3-9-19/h1-3,8-11,16-17,20,23H,4-7,12-15H2. The van der Waals surface area contributed by atoms with Crippen molar-refractivity contribution in [1.29, 1.82) is 0 Å². The molecule has 2 aromatic rings. The Bertz CT molecular complexity index is 575. The monoisotopic (exact) mass is 313 g/mol. The number of para-hydroxylation sites is 1. The van der Waals surface area contributed by atoms with Crippen molar-refractivity contribution in [2.24, 2.45) is 11.8 Å². The molecule has 1 heterocycles. The van der Waals surface area contributed by atoms with E-state index in [0.29, 0.717) is 5.92 Å². The lowest BCUT2D eigenvalue weighted by atomic mass is 9.94. The van der Waals surface area contributed by atoms with Crippen molar-refractivity contribution in [3.05, 3.63) is 48.3 Å². The van der Waals surface area contributed by atoms with Gasteiger partial charge >= 0.3 is 0 Å². The van der Waals surface area contributed by atoms with Crippen LogP contribution in [0.15, 0.2) is 42.6 Å². The molecule has 2 N–H and O–H groups in total. The van der Waals surface area contributed by atoms with Crippen LogP contribution in [-0.2, 0) is 6.54 Å². The first-order chi connectivity index (χ1) is 11.3. The first-order valence-electron chi connectivity index (χ1n) is 8.76. The maximum absolute atomic E-state index is 9.58. The zero-order valence-electron chi connectivity index (χ0n) is 13.7. The highest BCUT2D eigenvalue weighted by molar-refractivity contribution is 5.30. The number of nitrogens with one attached hydrogen (secondary N) is 1. The van der Waals surface area contributed by atoms with E-state index in [1.807, 2.05) is 47.3 Å². The Hall–Kier alpha value is -1.65. The minimum absolute atomic E-state index is 0.280. The molecule has 4 nitrogen and oxygen atoms in total. The first-order valence-corrected chi connectivity index (χ1v) is 8.76. The molecular weight excluding hydrogens is 286 g/mol. The van der Waals surface area contributed by atoms with Gasteiger partial charge in [-0.2, -0.15) is 5.10 Å². The van der Waals surface area contributed by atoms with Gasteiger partial charge < -0.3 is 10.4 Å². The van der Waals surface area contributed by atoms with Crippen molar-refractivity contribution in [2.45, 2.75) is 38.6 Å². The molecule has 0 saturated heterocycles. The maximum atomic E-state index is 9.58. The van der Waals surface area contributed by atoms with Crippen LogP contribution in [0.4, 0.5) is 0 Å². The van der Waals surface area contributed by atoms with Gasteiger partial charge in [-0.15, -0.1) is 0 Å². The van der Waals surface area contributed by atoms with Crippen LogP contribution in [-0.4, -0.2) is 28.0 Å². The van der Waals surface area contributed by atoms with Crippen LogP contribution in [0.25, 0.3) is 5.69 Å². The van der Waals surface area contributed by atoms with E-state index in [1.165, 1.54) is 25.7 Å². The van der Waals surface area contributed by atoms with Crippen LogP contribution < -0.4 is 5.32 Å². The average Bonchev–Trinajstić information content (AvgIpc) is 3.26. The van der Waals surface area contributed by atoms with E-state index < -0.39 is 0 Å². The molecule has 3 rings (SSSR count). The molecule has 1 atom stereocenters. The molecule has 124 valence electrons. The number of aromatic nitrogens is 2. The van der Waals surface area contributed by atoms with Gasteiger partial charge in [-0.25, -0.2) is 4.68 Å². The summed E-state index contributed by atoms with van der Waals surface area (Å²) in [6.45, 7) is 1.90. The van der Waals surface area contributed by atoms with Crippen molar-refractivity contribution < 1.29 is 5.11 Å². The second kappa shape index (κ2) is 8.27. The van der Waals surface area contributed by atoms with Gasteiger partial charge in [0.25, 0.3) is 0 Å². The Kier molecular flexibility index (Phi) is 5.83. The Morgan fingerprint density at radius 3 is 2.70 bits per heavy atom. The molecule has 0 bridgehead atoms. The van der Waals surface area contributed by atoms with Crippen LogP contribution in [0.5, 0.6) is 0 Å². The van der Waals surface area contributed by atoms with Crippen LogP contribution in [0.2, 0.25) is 0 Å². The van der Waals surface area contributed by atoms with Crippen molar-refractivity contribution in [3.63, 3.8) is 0 Å². The summed E-state index contributed by atoms with van der Waals surface area (Å²) in [5, 5.41) is 17.6. The Labute approximate surface area is 138 Å². The smallest absolute Gasteiger partial charge is 0.0766 e. The molecule has 1 aromatic carbocycles. The summed E-state index contributed by atoms with van der Waals surface area (Å²) in [7, 11) is 0. The number of nitrogens with zero attached hydrogens (tertiary/aromatic N) is 2. The highest BCUT2D eigenvalue weighted by atomic mass is 16.3. The van der Waals surface area contributed by atoms with Gasteiger partial charge in [-0.1, -0.05) is 43.9 Å². The highest BCUT2D eigenvalue weighted by Gasteiger charge is 2.19. The van der Waals surface area contributed by atoms with Gasteiger partial charge in [0.05, 0.1) is 11.4 Å². The largest absolute Gasteiger partial charge is 0.396 e. The molecule has 0 amide bonds. The number of rotatable bonds is 8. The minimum Gasteiger partial charge on any atom is -0.396 e. The predicted molar refractivity (Wildman–Crippen MR) is 92.4 cm³/mol.